The van der Waals surface area contributed by atoms with Crippen LogP contribution in [0.15, 0.2) is 54.6 Å². The van der Waals surface area contributed by atoms with Gasteiger partial charge in [0.2, 0.25) is 0 Å². The number of aromatic hydroxyl groups is 1. The van der Waals surface area contributed by atoms with Gasteiger partial charge in [-0.3, -0.25) is 4.79 Å². The Kier molecular flexibility index (Phi) is 3.38. The van der Waals surface area contributed by atoms with Gasteiger partial charge in [0, 0.05) is 5.56 Å². The van der Waals surface area contributed by atoms with E-state index in [2.05, 4.69) is 12.2 Å². The Morgan fingerprint density at radius 2 is 1.70 bits per heavy atom. The first-order chi connectivity index (χ1) is 9.78. The Labute approximate surface area is 118 Å². The Morgan fingerprint density at radius 1 is 1.00 bits per heavy atom. The quantitative estimate of drug-likeness (QED) is 0.662. The standard InChI is InChI=1S/C18H16O2/c19-12-13-5-10-17(15-6-8-16(20)9-7-15)18(11-13)14-3-1-2-4-14/h1-2,5-12,14,20H,3-4H2. The maximum atomic E-state index is 11.0. The van der Waals surface area contributed by atoms with Gasteiger partial charge in [-0.1, -0.05) is 36.4 Å². The van der Waals surface area contributed by atoms with Gasteiger partial charge in [0.1, 0.15) is 12.0 Å². The summed E-state index contributed by atoms with van der Waals surface area (Å²) >= 11 is 0. The van der Waals surface area contributed by atoms with Crippen LogP contribution in [0.3, 0.4) is 0 Å². The molecule has 1 aliphatic carbocycles. The average Bonchev–Trinajstić information content (AvgIpc) is 3.02. The first-order valence-electron chi connectivity index (χ1n) is 6.81. The molecule has 1 aliphatic rings. The predicted molar refractivity (Wildman–Crippen MR) is 80.0 cm³/mol. The highest BCUT2D eigenvalue weighted by Gasteiger charge is 2.17. The predicted octanol–water partition coefficient (Wildman–Crippen LogP) is 4.31. The number of carbonyl (C=O) groups excluding carboxylic acids is 1. The lowest BCUT2D eigenvalue weighted by molar-refractivity contribution is 0.112. The molecule has 0 spiro atoms. The molecule has 0 heterocycles. The van der Waals surface area contributed by atoms with Crippen LogP contribution in [0.1, 0.15) is 34.7 Å². The van der Waals surface area contributed by atoms with E-state index in [1.165, 1.54) is 5.56 Å². The SMILES string of the molecule is O=Cc1ccc(-c2ccc(O)cc2)c(C2CC=CC2)c1. The number of phenolic OH excluding ortho intramolecular Hbond substituents is 1. The van der Waals surface area contributed by atoms with E-state index in [0.29, 0.717) is 5.92 Å². The van der Waals surface area contributed by atoms with E-state index in [1.54, 1.807) is 12.1 Å². The normalized spacial score (nSPS) is 14.6. The molecular formula is C18H16O2. The van der Waals surface area contributed by atoms with Crippen LogP contribution in [0, 0.1) is 0 Å². The average molecular weight is 264 g/mol. The minimum Gasteiger partial charge on any atom is -0.508 e. The molecule has 2 heteroatoms. The topological polar surface area (TPSA) is 37.3 Å². The second-order valence-corrected chi connectivity index (χ2v) is 5.15. The summed E-state index contributed by atoms with van der Waals surface area (Å²) in [5.41, 5.74) is 4.14. The molecule has 2 aromatic carbocycles. The molecule has 0 amide bonds. The molecule has 0 aliphatic heterocycles. The molecule has 0 fully saturated rings. The van der Waals surface area contributed by atoms with Crippen molar-refractivity contribution in [1.29, 1.82) is 0 Å². The van der Waals surface area contributed by atoms with Gasteiger partial charge >= 0.3 is 0 Å². The van der Waals surface area contributed by atoms with Gasteiger partial charge in [-0.2, -0.15) is 0 Å². The molecule has 0 unspecified atom stereocenters. The Morgan fingerprint density at radius 3 is 2.35 bits per heavy atom. The molecule has 0 saturated carbocycles. The van der Waals surface area contributed by atoms with Crippen molar-refractivity contribution in [3.63, 3.8) is 0 Å². The minimum atomic E-state index is 0.266. The van der Waals surface area contributed by atoms with E-state index in [4.69, 9.17) is 0 Å². The van der Waals surface area contributed by atoms with Crippen molar-refractivity contribution < 1.29 is 9.90 Å². The number of hydrogen-bond donors (Lipinski definition) is 1. The van der Waals surface area contributed by atoms with Crippen LogP contribution >= 0.6 is 0 Å². The molecule has 100 valence electrons. The molecule has 1 N–H and O–H groups in total. The zero-order chi connectivity index (χ0) is 13.9. The van der Waals surface area contributed by atoms with Crippen LogP contribution in [0.5, 0.6) is 5.75 Å². The summed E-state index contributed by atoms with van der Waals surface area (Å²) in [4.78, 5) is 11.0. The van der Waals surface area contributed by atoms with Crippen LogP contribution in [-0.2, 0) is 0 Å². The number of carbonyl (C=O) groups is 1. The van der Waals surface area contributed by atoms with Gasteiger partial charge in [0.15, 0.2) is 0 Å². The summed E-state index contributed by atoms with van der Waals surface area (Å²) in [5.74, 6) is 0.709. The molecule has 0 atom stereocenters. The van der Waals surface area contributed by atoms with Crippen LogP contribution in [-0.4, -0.2) is 11.4 Å². The van der Waals surface area contributed by atoms with Crippen molar-refractivity contribution in [3.05, 3.63) is 65.7 Å². The third-order valence-electron chi connectivity index (χ3n) is 3.84. The van der Waals surface area contributed by atoms with Gasteiger partial charge in [0.05, 0.1) is 0 Å². The number of allylic oxidation sites excluding steroid dienone is 2. The molecule has 0 bridgehead atoms. The summed E-state index contributed by atoms with van der Waals surface area (Å²) in [6.07, 6.45) is 7.32. The van der Waals surface area contributed by atoms with Crippen molar-refractivity contribution in [1.82, 2.24) is 0 Å². The summed E-state index contributed by atoms with van der Waals surface area (Å²) < 4.78 is 0. The van der Waals surface area contributed by atoms with Crippen molar-refractivity contribution in [2.75, 3.05) is 0 Å². The molecule has 3 rings (SSSR count). The molecule has 0 saturated heterocycles. The van der Waals surface area contributed by atoms with E-state index >= 15 is 0 Å². The van der Waals surface area contributed by atoms with Crippen LogP contribution in [0.25, 0.3) is 11.1 Å². The fraction of sp³-hybridized carbons (Fsp3) is 0.167. The second kappa shape index (κ2) is 5.33. The Balaban J connectivity index is 2.09. The van der Waals surface area contributed by atoms with E-state index in [1.807, 2.05) is 30.3 Å². The summed E-state index contributed by atoms with van der Waals surface area (Å²) in [6.45, 7) is 0. The first kappa shape index (κ1) is 12.7. The lowest BCUT2D eigenvalue weighted by Crippen LogP contribution is -1.98. The van der Waals surface area contributed by atoms with Gasteiger partial charge in [-0.15, -0.1) is 0 Å². The van der Waals surface area contributed by atoms with Crippen molar-refractivity contribution >= 4 is 6.29 Å². The lowest BCUT2D eigenvalue weighted by Gasteiger charge is -2.16. The summed E-state index contributed by atoms with van der Waals surface area (Å²) in [5, 5.41) is 9.41. The second-order valence-electron chi connectivity index (χ2n) is 5.15. The number of phenols is 1. The Hall–Kier alpha value is -2.35. The molecule has 0 radical (unpaired) electrons. The van der Waals surface area contributed by atoms with E-state index in [0.717, 1.165) is 35.8 Å². The lowest BCUT2D eigenvalue weighted by atomic mass is 9.88. The van der Waals surface area contributed by atoms with Crippen molar-refractivity contribution in [3.8, 4) is 16.9 Å². The maximum absolute atomic E-state index is 11.0. The summed E-state index contributed by atoms with van der Waals surface area (Å²) in [6, 6.07) is 13.1. The minimum absolute atomic E-state index is 0.266. The highest BCUT2D eigenvalue weighted by atomic mass is 16.3. The number of rotatable bonds is 3. The number of hydrogen-bond acceptors (Lipinski definition) is 2. The third-order valence-corrected chi connectivity index (χ3v) is 3.84. The largest absolute Gasteiger partial charge is 0.508 e. The Bertz CT molecular complexity index is 646. The van der Waals surface area contributed by atoms with E-state index in [9.17, 15) is 9.90 Å². The zero-order valence-electron chi connectivity index (χ0n) is 11.1. The monoisotopic (exact) mass is 264 g/mol. The van der Waals surface area contributed by atoms with E-state index < -0.39 is 0 Å². The van der Waals surface area contributed by atoms with E-state index in [-0.39, 0.29) is 5.75 Å². The van der Waals surface area contributed by atoms with Crippen molar-refractivity contribution in [2.45, 2.75) is 18.8 Å². The third kappa shape index (κ3) is 2.37. The van der Waals surface area contributed by atoms with Gasteiger partial charge in [0.25, 0.3) is 0 Å². The smallest absolute Gasteiger partial charge is 0.150 e. The highest BCUT2D eigenvalue weighted by Crippen LogP contribution is 2.37. The zero-order valence-corrected chi connectivity index (χ0v) is 11.1. The highest BCUT2D eigenvalue weighted by molar-refractivity contribution is 5.79. The van der Waals surface area contributed by atoms with Crippen molar-refractivity contribution in [2.24, 2.45) is 0 Å². The molecular weight excluding hydrogens is 248 g/mol. The fourth-order valence-electron chi connectivity index (χ4n) is 2.77. The molecule has 0 aromatic heterocycles. The van der Waals surface area contributed by atoms with Crippen LogP contribution < -0.4 is 0 Å². The molecule has 2 nitrogen and oxygen atoms in total. The number of aldehydes is 1. The van der Waals surface area contributed by atoms with Gasteiger partial charge < -0.3 is 5.11 Å². The van der Waals surface area contributed by atoms with Crippen LogP contribution in [0.4, 0.5) is 0 Å². The van der Waals surface area contributed by atoms with Crippen LogP contribution in [0.2, 0.25) is 0 Å². The fourth-order valence-corrected chi connectivity index (χ4v) is 2.77. The first-order valence-corrected chi connectivity index (χ1v) is 6.81. The molecule has 2 aromatic rings. The maximum Gasteiger partial charge on any atom is 0.150 e. The van der Waals surface area contributed by atoms with Gasteiger partial charge in [-0.25, -0.2) is 0 Å². The summed E-state index contributed by atoms with van der Waals surface area (Å²) in [7, 11) is 0. The number of benzene rings is 2. The molecule has 20 heavy (non-hydrogen) atoms. The van der Waals surface area contributed by atoms with Gasteiger partial charge in [-0.05, 0) is 53.6 Å².